The first-order valence-electron chi connectivity index (χ1n) is 14.1. The van der Waals surface area contributed by atoms with E-state index in [-0.39, 0.29) is 5.04 Å². The number of fused-ring (bicyclic) bond motifs is 1. The summed E-state index contributed by atoms with van der Waals surface area (Å²) in [5, 5.41) is 14.1. The van der Waals surface area contributed by atoms with Crippen LogP contribution in [0.4, 0.5) is 0 Å². The molecule has 0 saturated heterocycles. The van der Waals surface area contributed by atoms with Crippen LogP contribution in [0.15, 0.2) is 83.7 Å². The molecule has 0 aliphatic rings. The molecule has 5 nitrogen and oxygen atoms in total. The summed E-state index contributed by atoms with van der Waals surface area (Å²) < 4.78 is 9.51. The highest BCUT2D eigenvalue weighted by atomic mass is 79.9. The lowest BCUT2D eigenvalue weighted by atomic mass is 9.82. The van der Waals surface area contributed by atoms with Crippen molar-refractivity contribution in [3.05, 3.63) is 111 Å². The van der Waals surface area contributed by atoms with Gasteiger partial charge in [0.2, 0.25) is 8.32 Å². The van der Waals surface area contributed by atoms with Gasteiger partial charge in [-0.3, -0.25) is 0 Å². The summed E-state index contributed by atoms with van der Waals surface area (Å²) in [4.78, 5) is 8.97. The molecule has 2 heterocycles. The highest BCUT2D eigenvalue weighted by Gasteiger charge is 2.39. The fourth-order valence-electron chi connectivity index (χ4n) is 5.07. The maximum Gasteiger partial charge on any atom is 0.250 e. The van der Waals surface area contributed by atoms with Crippen LogP contribution >= 0.6 is 27.5 Å². The normalized spacial score (nSPS) is 13.8. The van der Waals surface area contributed by atoms with Crippen LogP contribution in [0.3, 0.4) is 0 Å². The van der Waals surface area contributed by atoms with Gasteiger partial charge in [-0.05, 0) is 88.8 Å². The van der Waals surface area contributed by atoms with Crippen LogP contribution in [0.1, 0.15) is 50.1 Å². The summed E-state index contributed by atoms with van der Waals surface area (Å²) in [5.74, 6) is 0.838. The van der Waals surface area contributed by atoms with Gasteiger partial charge >= 0.3 is 0 Å². The Bertz CT molecular complexity index is 1780. The maximum absolute atomic E-state index is 12.7. The number of halogens is 2. The van der Waals surface area contributed by atoms with E-state index in [2.05, 4.69) is 84.9 Å². The molecule has 8 heteroatoms. The number of benzene rings is 3. The van der Waals surface area contributed by atoms with Crippen molar-refractivity contribution in [1.82, 2.24) is 14.5 Å². The number of nitrogens with zero attached hydrogens (tertiary/aromatic N) is 3. The minimum absolute atomic E-state index is 0.0749. The lowest BCUT2D eigenvalue weighted by molar-refractivity contribution is 0.117. The van der Waals surface area contributed by atoms with Crippen LogP contribution in [-0.4, -0.2) is 28.0 Å². The molecular formula is C34H37BrClN3O2Si. The topological polar surface area (TPSA) is 60.2 Å². The van der Waals surface area contributed by atoms with E-state index in [0.717, 1.165) is 49.8 Å². The molecule has 0 aliphatic heterocycles. The third-order valence-corrected chi connectivity index (χ3v) is 13.9. The second kappa shape index (κ2) is 11.3. The molecule has 3 aromatic carbocycles. The monoisotopic (exact) mass is 661 g/mol. The van der Waals surface area contributed by atoms with Crippen molar-refractivity contribution in [2.75, 3.05) is 0 Å². The number of hydrogen-bond acceptors (Lipinski definition) is 4. The van der Waals surface area contributed by atoms with Gasteiger partial charge in [0.05, 0.1) is 23.7 Å². The number of hydrogen-bond donors (Lipinski definition) is 1. The molecule has 0 saturated carbocycles. The summed E-state index contributed by atoms with van der Waals surface area (Å²) in [5.41, 5.74) is 4.42. The Morgan fingerprint density at radius 2 is 1.71 bits per heavy atom. The SMILES string of the molecule is CCc1cc(C(O)(c2ccc3nc(Cl)cc(-c4cccc(O[Si](C)(C)C(C)(C)C)c4)c3c2)c2cncn2C)ccc1Br. The first-order chi connectivity index (χ1) is 19.7. The van der Waals surface area contributed by atoms with Crippen molar-refractivity contribution in [2.24, 2.45) is 7.05 Å². The molecule has 0 aliphatic carbocycles. The molecule has 0 amide bonds. The van der Waals surface area contributed by atoms with Crippen LogP contribution in [-0.2, 0) is 19.1 Å². The second-order valence-electron chi connectivity index (χ2n) is 12.4. The van der Waals surface area contributed by atoms with E-state index in [1.165, 1.54) is 0 Å². The first kappa shape index (κ1) is 30.5. The Balaban J connectivity index is 1.71. The van der Waals surface area contributed by atoms with Crippen LogP contribution in [0.5, 0.6) is 5.75 Å². The fraction of sp³-hybridized carbons (Fsp3) is 0.294. The Hall–Kier alpha value is -2.97. The van der Waals surface area contributed by atoms with Crippen molar-refractivity contribution in [3.8, 4) is 16.9 Å². The van der Waals surface area contributed by atoms with Crippen molar-refractivity contribution in [1.29, 1.82) is 0 Å². The quantitative estimate of drug-likeness (QED) is 0.139. The first-order valence-corrected chi connectivity index (χ1v) is 18.2. The minimum Gasteiger partial charge on any atom is -0.543 e. The molecule has 2 aromatic heterocycles. The predicted octanol–water partition coefficient (Wildman–Crippen LogP) is 9.28. The highest BCUT2D eigenvalue weighted by molar-refractivity contribution is 9.10. The number of rotatable bonds is 7. The number of imidazole rings is 1. The van der Waals surface area contributed by atoms with E-state index in [0.29, 0.717) is 16.4 Å². The second-order valence-corrected chi connectivity index (χ2v) is 18.3. The Morgan fingerprint density at radius 3 is 2.38 bits per heavy atom. The van der Waals surface area contributed by atoms with Gasteiger partial charge in [-0.1, -0.05) is 85.6 Å². The molecule has 0 bridgehead atoms. The molecule has 42 heavy (non-hydrogen) atoms. The van der Waals surface area contributed by atoms with Gasteiger partial charge in [0.1, 0.15) is 10.9 Å². The number of pyridine rings is 1. The van der Waals surface area contributed by atoms with Gasteiger partial charge in [-0.2, -0.15) is 0 Å². The van der Waals surface area contributed by atoms with Gasteiger partial charge in [0.15, 0.2) is 5.60 Å². The molecule has 218 valence electrons. The zero-order valence-corrected chi connectivity index (χ0v) is 28.5. The van der Waals surface area contributed by atoms with Gasteiger partial charge in [0, 0.05) is 16.9 Å². The van der Waals surface area contributed by atoms with Gasteiger partial charge < -0.3 is 14.1 Å². The Morgan fingerprint density at radius 1 is 1.00 bits per heavy atom. The van der Waals surface area contributed by atoms with E-state index in [1.54, 1.807) is 12.5 Å². The van der Waals surface area contributed by atoms with Gasteiger partial charge in [0.25, 0.3) is 0 Å². The number of aliphatic hydroxyl groups is 1. The molecular weight excluding hydrogens is 626 g/mol. The standard InChI is InChI=1S/C34H37BrClN3O2Si/c1-8-22-16-24(12-14-29(22)35)34(40,31-20-37-21-39(31)5)25-13-15-30-28(18-25)27(19-32(36)38-30)23-10-9-11-26(17-23)41-42(6,7)33(2,3)4/h9-21,40H,8H2,1-7H3. The molecule has 5 rings (SSSR count). The van der Waals surface area contributed by atoms with Crippen LogP contribution < -0.4 is 4.43 Å². The molecule has 5 aromatic rings. The highest BCUT2D eigenvalue weighted by Crippen LogP contribution is 2.42. The Labute approximate surface area is 262 Å². The average molecular weight is 663 g/mol. The molecule has 1 N–H and O–H groups in total. The smallest absolute Gasteiger partial charge is 0.250 e. The van der Waals surface area contributed by atoms with Crippen molar-refractivity contribution >= 4 is 46.8 Å². The van der Waals surface area contributed by atoms with Gasteiger partial charge in [-0.15, -0.1) is 0 Å². The summed E-state index contributed by atoms with van der Waals surface area (Å²) in [7, 11) is -0.139. The summed E-state index contributed by atoms with van der Waals surface area (Å²) in [6.45, 7) is 13.3. The number of aromatic nitrogens is 3. The Kier molecular flexibility index (Phi) is 8.18. The van der Waals surface area contributed by atoms with Gasteiger partial charge in [-0.25, -0.2) is 9.97 Å². The summed E-state index contributed by atoms with van der Waals surface area (Å²) in [6.07, 6.45) is 4.26. The zero-order chi connectivity index (χ0) is 30.4. The molecule has 0 spiro atoms. The molecule has 0 radical (unpaired) electrons. The molecule has 0 fully saturated rings. The van der Waals surface area contributed by atoms with Crippen LogP contribution in [0.25, 0.3) is 22.0 Å². The molecule has 1 atom stereocenters. The zero-order valence-electron chi connectivity index (χ0n) is 25.2. The number of aryl methyl sites for hydroxylation is 2. The maximum atomic E-state index is 12.7. The lowest BCUT2D eigenvalue weighted by Crippen LogP contribution is -2.43. The van der Waals surface area contributed by atoms with E-state index in [9.17, 15) is 5.11 Å². The minimum atomic E-state index is -2.04. The van der Waals surface area contributed by atoms with E-state index < -0.39 is 13.9 Å². The van der Waals surface area contributed by atoms with E-state index >= 15 is 0 Å². The summed E-state index contributed by atoms with van der Waals surface area (Å²) >= 11 is 10.2. The van der Waals surface area contributed by atoms with Crippen molar-refractivity contribution in [3.63, 3.8) is 0 Å². The average Bonchev–Trinajstić information content (AvgIpc) is 3.37. The van der Waals surface area contributed by atoms with E-state index in [4.69, 9.17) is 16.0 Å². The van der Waals surface area contributed by atoms with Crippen LogP contribution in [0.2, 0.25) is 23.3 Å². The summed E-state index contributed by atoms with van der Waals surface area (Å²) in [6, 6.07) is 21.9. The lowest BCUT2D eigenvalue weighted by Gasteiger charge is -2.36. The fourth-order valence-corrected chi connectivity index (χ4v) is 6.82. The predicted molar refractivity (Wildman–Crippen MR) is 179 cm³/mol. The third-order valence-electron chi connectivity index (χ3n) is 8.55. The van der Waals surface area contributed by atoms with Crippen molar-refractivity contribution in [2.45, 2.75) is 57.8 Å². The molecule has 1 unspecified atom stereocenters. The largest absolute Gasteiger partial charge is 0.543 e. The van der Waals surface area contributed by atoms with Crippen LogP contribution in [0, 0.1) is 0 Å². The third kappa shape index (κ3) is 5.55. The van der Waals surface area contributed by atoms with Crippen molar-refractivity contribution < 1.29 is 9.53 Å². The van der Waals surface area contributed by atoms with E-state index in [1.807, 2.05) is 60.1 Å².